The van der Waals surface area contributed by atoms with Crippen LogP contribution in [0.15, 0.2) is 24.3 Å². The van der Waals surface area contributed by atoms with Gasteiger partial charge in [-0.3, -0.25) is 0 Å². The van der Waals surface area contributed by atoms with Crippen molar-refractivity contribution >= 4 is 0 Å². The SMILES string of the molecule is CNCc1ccccc1OCCOCC(C)(C)N(C)C. The molecule has 1 N–H and O–H groups in total. The van der Waals surface area contributed by atoms with Crippen LogP contribution >= 0.6 is 0 Å². The van der Waals surface area contributed by atoms with Gasteiger partial charge >= 0.3 is 0 Å². The van der Waals surface area contributed by atoms with E-state index in [1.165, 1.54) is 5.56 Å². The van der Waals surface area contributed by atoms with Gasteiger partial charge in [0.25, 0.3) is 0 Å². The maximum atomic E-state index is 5.79. The summed E-state index contributed by atoms with van der Waals surface area (Å²) in [5.41, 5.74) is 1.22. The monoisotopic (exact) mass is 280 g/mol. The van der Waals surface area contributed by atoms with Gasteiger partial charge in [0.15, 0.2) is 0 Å². The lowest BCUT2D eigenvalue weighted by molar-refractivity contribution is 0.0235. The van der Waals surface area contributed by atoms with E-state index in [-0.39, 0.29) is 5.54 Å². The van der Waals surface area contributed by atoms with Crippen molar-refractivity contribution in [1.29, 1.82) is 0 Å². The van der Waals surface area contributed by atoms with Crippen LogP contribution in [0.5, 0.6) is 5.75 Å². The number of para-hydroxylation sites is 1. The molecule has 0 fully saturated rings. The Kier molecular flexibility index (Phi) is 6.99. The van der Waals surface area contributed by atoms with E-state index < -0.39 is 0 Å². The van der Waals surface area contributed by atoms with Crippen LogP contribution in [0.25, 0.3) is 0 Å². The Morgan fingerprint density at radius 2 is 1.85 bits per heavy atom. The molecule has 4 nitrogen and oxygen atoms in total. The van der Waals surface area contributed by atoms with E-state index in [4.69, 9.17) is 9.47 Å². The molecule has 0 amide bonds. The first-order valence-electron chi connectivity index (χ1n) is 7.08. The molecule has 0 spiro atoms. The van der Waals surface area contributed by atoms with Gasteiger partial charge in [0, 0.05) is 17.6 Å². The van der Waals surface area contributed by atoms with Crippen molar-refractivity contribution in [2.75, 3.05) is 41.0 Å². The number of nitrogens with zero attached hydrogens (tertiary/aromatic N) is 1. The maximum Gasteiger partial charge on any atom is 0.123 e. The predicted molar refractivity (Wildman–Crippen MR) is 83.3 cm³/mol. The summed E-state index contributed by atoms with van der Waals surface area (Å²) >= 11 is 0. The normalized spacial score (nSPS) is 11.9. The van der Waals surface area contributed by atoms with Gasteiger partial charge in [0.2, 0.25) is 0 Å². The number of nitrogens with one attached hydrogen (secondary N) is 1. The Morgan fingerprint density at radius 1 is 1.15 bits per heavy atom. The number of hydrogen-bond acceptors (Lipinski definition) is 4. The molecule has 114 valence electrons. The highest BCUT2D eigenvalue weighted by Crippen LogP contribution is 2.17. The Balaban J connectivity index is 2.31. The average molecular weight is 280 g/mol. The van der Waals surface area contributed by atoms with E-state index in [0.29, 0.717) is 19.8 Å². The van der Waals surface area contributed by atoms with Crippen LogP contribution in [-0.2, 0) is 11.3 Å². The van der Waals surface area contributed by atoms with Crippen molar-refractivity contribution in [3.63, 3.8) is 0 Å². The average Bonchev–Trinajstić information content (AvgIpc) is 2.40. The molecule has 0 bridgehead atoms. The summed E-state index contributed by atoms with van der Waals surface area (Å²) in [6, 6.07) is 8.08. The molecule has 0 saturated carbocycles. The molecule has 0 aliphatic carbocycles. The summed E-state index contributed by atoms with van der Waals surface area (Å²) < 4.78 is 11.5. The van der Waals surface area contributed by atoms with E-state index in [0.717, 1.165) is 12.3 Å². The third-order valence-electron chi connectivity index (χ3n) is 3.49. The fraction of sp³-hybridized carbons (Fsp3) is 0.625. The van der Waals surface area contributed by atoms with E-state index >= 15 is 0 Å². The zero-order valence-electron chi connectivity index (χ0n) is 13.4. The molecule has 0 heterocycles. The zero-order chi connectivity index (χ0) is 15.0. The second kappa shape index (κ2) is 8.25. The maximum absolute atomic E-state index is 5.79. The second-order valence-electron chi connectivity index (χ2n) is 5.75. The summed E-state index contributed by atoms with van der Waals surface area (Å²) in [6.45, 7) is 7.01. The quantitative estimate of drug-likeness (QED) is 0.703. The van der Waals surface area contributed by atoms with Crippen molar-refractivity contribution in [3.05, 3.63) is 29.8 Å². The van der Waals surface area contributed by atoms with Crippen LogP contribution in [0.2, 0.25) is 0 Å². The molecule has 0 aliphatic heterocycles. The molecule has 20 heavy (non-hydrogen) atoms. The minimum Gasteiger partial charge on any atom is -0.491 e. The first-order valence-corrected chi connectivity index (χ1v) is 7.08. The van der Waals surface area contributed by atoms with Crippen molar-refractivity contribution in [3.8, 4) is 5.75 Å². The van der Waals surface area contributed by atoms with Crippen LogP contribution < -0.4 is 10.1 Å². The molecule has 0 saturated heterocycles. The van der Waals surface area contributed by atoms with E-state index in [1.807, 2.05) is 25.2 Å². The molecule has 0 unspecified atom stereocenters. The Hall–Kier alpha value is -1.10. The smallest absolute Gasteiger partial charge is 0.123 e. The Morgan fingerprint density at radius 3 is 2.50 bits per heavy atom. The first-order chi connectivity index (χ1) is 9.47. The molecule has 0 aromatic heterocycles. The lowest BCUT2D eigenvalue weighted by atomic mass is 10.1. The molecule has 1 aromatic carbocycles. The van der Waals surface area contributed by atoms with Crippen molar-refractivity contribution in [2.24, 2.45) is 0 Å². The van der Waals surface area contributed by atoms with Crippen molar-refractivity contribution < 1.29 is 9.47 Å². The molecule has 1 rings (SSSR count). The fourth-order valence-electron chi connectivity index (χ4n) is 1.64. The molecular formula is C16H28N2O2. The van der Waals surface area contributed by atoms with Gasteiger partial charge < -0.3 is 19.7 Å². The van der Waals surface area contributed by atoms with Crippen LogP contribution in [0, 0.1) is 0 Å². The topological polar surface area (TPSA) is 33.7 Å². The minimum absolute atomic E-state index is 0.0457. The van der Waals surface area contributed by atoms with Gasteiger partial charge in [-0.1, -0.05) is 18.2 Å². The van der Waals surface area contributed by atoms with Crippen molar-refractivity contribution in [1.82, 2.24) is 10.2 Å². The van der Waals surface area contributed by atoms with E-state index in [2.05, 4.69) is 44.2 Å². The number of hydrogen-bond donors (Lipinski definition) is 1. The predicted octanol–water partition coefficient (Wildman–Crippen LogP) is 2.14. The standard InChI is InChI=1S/C16H28N2O2/c1-16(2,18(4)5)13-19-10-11-20-15-9-7-6-8-14(15)12-17-3/h6-9,17H,10-13H2,1-5H3. The summed E-state index contributed by atoms with van der Waals surface area (Å²) in [5, 5.41) is 3.14. The molecule has 1 aromatic rings. The highest BCUT2D eigenvalue weighted by molar-refractivity contribution is 5.33. The summed E-state index contributed by atoms with van der Waals surface area (Å²) in [4.78, 5) is 2.16. The summed E-state index contributed by atoms with van der Waals surface area (Å²) in [5.74, 6) is 0.928. The fourth-order valence-corrected chi connectivity index (χ4v) is 1.64. The molecule has 4 heteroatoms. The molecule has 0 aliphatic rings. The number of ether oxygens (including phenoxy) is 2. The van der Waals surface area contributed by atoms with Crippen LogP contribution in [0.4, 0.5) is 0 Å². The van der Waals surface area contributed by atoms with Crippen LogP contribution in [-0.4, -0.2) is 51.4 Å². The van der Waals surface area contributed by atoms with Gasteiger partial charge in [0.05, 0.1) is 13.2 Å². The Bertz CT molecular complexity index is 392. The number of rotatable bonds is 9. The number of likely N-dealkylation sites (N-methyl/N-ethyl adjacent to an activating group) is 1. The van der Waals surface area contributed by atoms with Gasteiger partial charge in [-0.15, -0.1) is 0 Å². The first kappa shape index (κ1) is 17.0. The lowest BCUT2D eigenvalue weighted by Crippen LogP contribution is -2.42. The van der Waals surface area contributed by atoms with Gasteiger partial charge in [-0.05, 0) is 41.1 Å². The zero-order valence-corrected chi connectivity index (χ0v) is 13.4. The minimum atomic E-state index is 0.0457. The van der Waals surface area contributed by atoms with Crippen LogP contribution in [0.1, 0.15) is 19.4 Å². The highest BCUT2D eigenvalue weighted by atomic mass is 16.5. The van der Waals surface area contributed by atoms with Gasteiger partial charge in [-0.2, -0.15) is 0 Å². The summed E-state index contributed by atoms with van der Waals surface area (Å²) in [7, 11) is 6.06. The van der Waals surface area contributed by atoms with E-state index in [1.54, 1.807) is 0 Å². The molecule has 0 radical (unpaired) electrons. The largest absolute Gasteiger partial charge is 0.491 e. The third-order valence-corrected chi connectivity index (χ3v) is 3.49. The second-order valence-corrected chi connectivity index (χ2v) is 5.75. The van der Waals surface area contributed by atoms with Crippen LogP contribution in [0.3, 0.4) is 0 Å². The third kappa shape index (κ3) is 5.49. The molecule has 0 atom stereocenters. The molecular weight excluding hydrogens is 252 g/mol. The van der Waals surface area contributed by atoms with Crippen molar-refractivity contribution in [2.45, 2.75) is 25.9 Å². The summed E-state index contributed by atoms with van der Waals surface area (Å²) in [6.07, 6.45) is 0. The lowest BCUT2D eigenvalue weighted by Gasteiger charge is -2.32. The Labute approximate surface area is 123 Å². The number of benzene rings is 1. The highest BCUT2D eigenvalue weighted by Gasteiger charge is 2.20. The van der Waals surface area contributed by atoms with Gasteiger partial charge in [0.1, 0.15) is 12.4 Å². The van der Waals surface area contributed by atoms with Gasteiger partial charge in [-0.25, -0.2) is 0 Å². The van der Waals surface area contributed by atoms with E-state index in [9.17, 15) is 0 Å².